The zero-order valence-electron chi connectivity index (χ0n) is 26.3. The number of para-hydroxylation sites is 1. The number of carbonyl (C=O) groups excluding carboxylic acids is 4. The number of carbonyl (C=O) groups is 4. The fourth-order valence-electron chi connectivity index (χ4n) is 4.77. The SMILES string of the molecule is CCOC(=O)C(c1ccccc1)c1nc(NC(=O)[C@@H](Cc2c[nH]c3ccccc23)NC(=O)C(C)(C)N(C=O)OC(C)(C)C)c[nH]1. The lowest BCUT2D eigenvalue weighted by atomic mass is 9.98. The van der Waals surface area contributed by atoms with Gasteiger partial charge in [-0.15, -0.1) is 0 Å². The average Bonchev–Trinajstić information content (AvgIpc) is 3.62. The van der Waals surface area contributed by atoms with Crippen LogP contribution in [0, 0.1) is 0 Å². The lowest BCUT2D eigenvalue weighted by molar-refractivity contribution is -0.247. The minimum Gasteiger partial charge on any atom is -0.465 e. The maximum absolute atomic E-state index is 13.8. The van der Waals surface area contributed by atoms with E-state index >= 15 is 0 Å². The Morgan fingerprint density at radius 3 is 2.33 bits per heavy atom. The molecule has 12 nitrogen and oxygen atoms in total. The van der Waals surface area contributed by atoms with Gasteiger partial charge in [-0.1, -0.05) is 48.5 Å². The highest BCUT2D eigenvalue weighted by Gasteiger charge is 2.39. The first kappa shape index (κ1) is 32.9. The van der Waals surface area contributed by atoms with Crippen molar-refractivity contribution in [2.45, 2.75) is 71.1 Å². The number of nitrogens with one attached hydrogen (secondary N) is 4. The number of aromatic nitrogens is 3. The van der Waals surface area contributed by atoms with E-state index in [1.165, 1.54) is 20.0 Å². The van der Waals surface area contributed by atoms with E-state index in [0.29, 0.717) is 12.0 Å². The number of anilines is 1. The van der Waals surface area contributed by atoms with Crippen LogP contribution < -0.4 is 10.6 Å². The van der Waals surface area contributed by atoms with Crippen molar-refractivity contribution in [1.82, 2.24) is 25.3 Å². The molecule has 2 heterocycles. The molecule has 2 atom stereocenters. The molecular weight excluding hydrogens is 576 g/mol. The second kappa shape index (κ2) is 13.8. The topological polar surface area (TPSA) is 159 Å². The molecule has 0 fully saturated rings. The highest BCUT2D eigenvalue weighted by atomic mass is 16.7. The van der Waals surface area contributed by atoms with Crippen molar-refractivity contribution >= 4 is 40.9 Å². The Hall–Kier alpha value is -4.97. The number of benzene rings is 2. The van der Waals surface area contributed by atoms with Gasteiger partial charge in [0, 0.05) is 29.7 Å². The van der Waals surface area contributed by atoms with Crippen LogP contribution in [0.3, 0.4) is 0 Å². The summed E-state index contributed by atoms with van der Waals surface area (Å²) in [4.78, 5) is 68.7. The lowest BCUT2D eigenvalue weighted by Crippen LogP contribution is -2.59. The molecule has 4 rings (SSSR count). The second-order valence-corrected chi connectivity index (χ2v) is 12.0. The van der Waals surface area contributed by atoms with Crippen LogP contribution in [-0.4, -0.2) is 68.0 Å². The third kappa shape index (κ3) is 7.95. The number of ether oxygens (including phenoxy) is 1. The van der Waals surface area contributed by atoms with Crippen molar-refractivity contribution < 1.29 is 28.8 Å². The average molecular weight is 617 g/mol. The summed E-state index contributed by atoms with van der Waals surface area (Å²) in [5.41, 5.74) is 0.142. The number of fused-ring (bicyclic) bond motifs is 1. The molecule has 0 spiro atoms. The maximum atomic E-state index is 13.8. The number of hydrogen-bond acceptors (Lipinski definition) is 7. The molecule has 0 radical (unpaired) electrons. The molecule has 0 aliphatic heterocycles. The molecule has 2 aromatic carbocycles. The highest BCUT2D eigenvalue weighted by Crippen LogP contribution is 2.26. The summed E-state index contributed by atoms with van der Waals surface area (Å²) in [6, 6.07) is 15.6. The summed E-state index contributed by atoms with van der Waals surface area (Å²) in [7, 11) is 0. The first-order chi connectivity index (χ1) is 21.3. The van der Waals surface area contributed by atoms with Gasteiger partial charge in [0.15, 0.2) is 5.82 Å². The molecule has 4 N–H and O–H groups in total. The molecule has 238 valence electrons. The molecule has 0 bridgehead atoms. The Morgan fingerprint density at radius 1 is 0.978 bits per heavy atom. The molecule has 0 saturated carbocycles. The normalized spacial score (nSPS) is 13.1. The van der Waals surface area contributed by atoms with Crippen molar-refractivity contribution in [3.63, 3.8) is 0 Å². The second-order valence-electron chi connectivity index (χ2n) is 12.0. The highest BCUT2D eigenvalue weighted by molar-refractivity contribution is 5.99. The van der Waals surface area contributed by atoms with Gasteiger partial charge in [0.2, 0.25) is 18.2 Å². The third-order valence-electron chi connectivity index (χ3n) is 7.07. The van der Waals surface area contributed by atoms with E-state index in [1.54, 1.807) is 46.0 Å². The summed E-state index contributed by atoms with van der Waals surface area (Å²) in [5, 5.41) is 7.43. The van der Waals surface area contributed by atoms with Gasteiger partial charge in [0.05, 0.1) is 12.2 Å². The van der Waals surface area contributed by atoms with E-state index in [0.717, 1.165) is 21.5 Å². The largest absolute Gasteiger partial charge is 0.465 e. The predicted molar refractivity (Wildman–Crippen MR) is 169 cm³/mol. The van der Waals surface area contributed by atoms with Gasteiger partial charge in [0.1, 0.15) is 23.3 Å². The molecule has 45 heavy (non-hydrogen) atoms. The number of rotatable bonds is 13. The third-order valence-corrected chi connectivity index (χ3v) is 7.07. The number of H-pyrrole nitrogens is 2. The lowest BCUT2D eigenvalue weighted by Gasteiger charge is -2.37. The van der Waals surface area contributed by atoms with Crippen molar-refractivity contribution in [3.8, 4) is 0 Å². The first-order valence-electron chi connectivity index (χ1n) is 14.7. The molecule has 0 aliphatic rings. The monoisotopic (exact) mass is 616 g/mol. The van der Waals surface area contributed by atoms with Crippen molar-refractivity contribution in [2.75, 3.05) is 11.9 Å². The zero-order chi connectivity index (χ0) is 32.8. The van der Waals surface area contributed by atoms with E-state index in [2.05, 4.69) is 25.6 Å². The number of nitrogens with zero attached hydrogens (tertiary/aromatic N) is 2. The molecule has 0 saturated heterocycles. The number of esters is 1. The van der Waals surface area contributed by atoms with Crippen molar-refractivity contribution in [2.24, 2.45) is 0 Å². The van der Waals surface area contributed by atoms with Crippen LogP contribution in [0.1, 0.15) is 64.4 Å². The molecular formula is C33H40N6O6. The van der Waals surface area contributed by atoms with Gasteiger partial charge < -0.3 is 25.3 Å². The van der Waals surface area contributed by atoms with E-state index in [-0.39, 0.29) is 24.7 Å². The summed E-state index contributed by atoms with van der Waals surface area (Å²) < 4.78 is 5.29. The standard InChI is InChI=1S/C33H40N6O6/c1-7-44-30(42)27(21-13-9-8-10-14-21)28-35-19-26(37-28)38-29(41)25(17-22-18-34-24-16-12-11-15-23(22)24)36-31(43)33(5,6)39(20-40)45-32(2,3)4/h8-16,18-20,25,27,34H,7,17H2,1-6H3,(H,35,37)(H,36,43)(H,38,41)/t25-,27?/m1/s1. The van der Waals surface area contributed by atoms with E-state index in [4.69, 9.17) is 9.57 Å². The Labute approximate surface area is 261 Å². The summed E-state index contributed by atoms with van der Waals surface area (Å²) in [6.07, 6.45) is 3.84. The first-order valence-corrected chi connectivity index (χ1v) is 14.7. The van der Waals surface area contributed by atoms with Crippen LogP contribution in [0.25, 0.3) is 10.9 Å². The van der Waals surface area contributed by atoms with Crippen LogP contribution in [0.4, 0.5) is 5.82 Å². The van der Waals surface area contributed by atoms with E-state index < -0.39 is 40.9 Å². The van der Waals surface area contributed by atoms with Gasteiger partial charge in [0.25, 0.3) is 0 Å². The van der Waals surface area contributed by atoms with Crippen LogP contribution >= 0.6 is 0 Å². The Kier molecular flexibility index (Phi) is 10.1. The van der Waals surface area contributed by atoms with Crippen molar-refractivity contribution in [1.29, 1.82) is 0 Å². The molecule has 12 heteroatoms. The number of hydroxylamine groups is 2. The van der Waals surface area contributed by atoms with E-state index in [1.807, 2.05) is 42.5 Å². The summed E-state index contributed by atoms with van der Waals surface area (Å²) in [6.45, 7) is 10.2. The minimum atomic E-state index is -1.46. The summed E-state index contributed by atoms with van der Waals surface area (Å²) in [5.74, 6) is -2.04. The number of amides is 3. The van der Waals surface area contributed by atoms with Gasteiger partial charge >= 0.3 is 5.97 Å². The van der Waals surface area contributed by atoms with Gasteiger partial charge in [-0.05, 0) is 58.7 Å². The minimum absolute atomic E-state index is 0.131. The summed E-state index contributed by atoms with van der Waals surface area (Å²) >= 11 is 0. The molecule has 3 amide bonds. The van der Waals surface area contributed by atoms with E-state index in [9.17, 15) is 19.2 Å². The quantitative estimate of drug-likeness (QED) is 0.0995. The van der Waals surface area contributed by atoms with Crippen molar-refractivity contribution in [3.05, 3.63) is 83.9 Å². The number of aromatic amines is 2. The Balaban J connectivity index is 1.61. The van der Waals surface area contributed by atoms with Gasteiger partial charge in [-0.3, -0.25) is 24.0 Å². The molecule has 1 unspecified atom stereocenters. The number of imidazole rings is 1. The Bertz CT molecular complexity index is 1640. The van der Waals surface area contributed by atoms with Gasteiger partial charge in [-0.2, -0.15) is 0 Å². The zero-order valence-corrected chi connectivity index (χ0v) is 26.3. The smallest absolute Gasteiger partial charge is 0.321 e. The molecule has 4 aromatic rings. The van der Waals surface area contributed by atoms with Crippen LogP contribution in [0.15, 0.2) is 67.0 Å². The maximum Gasteiger partial charge on any atom is 0.321 e. The van der Waals surface area contributed by atoms with Crippen LogP contribution in [0.2, 0.25) is 0 Å². The fourth-order valence-corrected chi connectivity index (χ4v) is 4.77. The van der Waals surface area contributed by atoms with Gasteiger partial charge in [-0.25, -0.2) is 10.0 Å². The van der Waals surface area contributed by atoms with Crippen LogP contribution in [-0.2, 0) is 35.2 Å². The molecule has 0 aliphatic carbocycles. The molecule has 2 aromatic heterocycles. The fraction of sp³-hybridized carbons (Fsp3) is 0.364. The van der Waals surface area contributed by atoms with Crippen LogP contribution in [0.5, 0.6) is 0 Å². The Morgan fingerprint density at radius 2 is 1.67 bits per heavy atom. The predicted octanol–water partition coefficient (Wildman–Crippen LogP) is 4.22. The number of hydrogen-bond donors (Lipinski definition) is 4.